The Hall–Kier alpha value is 0.610. The lowest BCUT2D eigenvalue weighted by Gasteiger charge is -2.22. The SMILES string of the molecule is COC(=O)[C@H]1CO[P+]([S-])(OCCBr)N1. The van der Waals surface area contributed by atoms with Gasteiger partial charge in [-0.2, -0.15) is 0 Å². The molecule has 0 aromatic carbocycles. The van der Waals surface area contributed by atoms with Gasteiger partial charge in [-0.15, -0.1) is 5.09 Å². The van der Waals surface area contributed by atoms with E-state index >= 15 is 0 Å². The van der Waals surface area contributed by atoms with E-state index in [1.165, 1.54) is 7.11 Å². The summed E-state index contributed by atoms with van der Waals surface area (Å²) in [5.74, 6) is -0.376. The van der Waals surface area contributed by atoms with Gasteiger partial charge in [-0.25, -0.2) is 9.05 Å². The average Bonchev–Trinajstić information content (AvgIpc) is 2.57. The maximum Gasteiger partial charge on any atom is 0.329 e. The van der Waals surface area contributed by atoms with E-state index in [2.05, 4.69) is 25.8 Å². The standard InChI is InChI=1S/C6H11BrNO4PS/c1-10-6(9)5-4-12-13(14,8-5)11-3-2-7/h5H,2-4H2,1H3,(H,8,14)/t5-,13?/m1/s1. The summed E-state index contributed by atoms with van der Waals surface area (Å²) in [7, 11) is -1.13. The molecule has 5 nitrogen and oxygen atoms in total. The number of carbonyl (C=O) groups excluding carboxylic acids is 1. The summed E-state index contributed by atoms with van der Waals surface area (Å²) in [5.41, 5.74) is 0. The van der Waals surface area contributed by atoms with Gasteiger partial charge < -0.3 is 17.0 Å². The summed E-state index contributed by atoms with van der Waals surface area (Å²) in [6.07, 6.45) is 0. The highest BCUT2D eigenvalue weighted by Crippen LogP contribution is 2.58. The second-order valence-electron chi connectivity index (χ2n) is 2.52. The molecule has 0 spiro atoms. The number of halogens is 1. The van der Waals surface area contributed by atoms with Gasteiger partial charge in [0.15, 0.2) is 6.04 Å². The molecule has 1 heterocycles. The summed E-state index contributed by atoms with van der Waals surface area (Å²) in [6.45, 7) is 0.671. The van der Waals surface area contributed by atoms with Crippen LogP contribution in [0.2, 0.25) is 0 Å². The zero-order valence-corrected chi connectivity index (χ0v) is 10.9. The third kappa shape index (κ3) is 3.32. The van der Waals surface area contributed by atoms with Crippen LogP contribution in [0.3, 0.4) is 0 Å². The maximum atomic E-state index is 11.1. The molecule has 1 rings (SSSR count). The van der Waals surface area contributed by atoms with Gasteiger partial charge in [-0.05, 0) is 0 Å². The number of nitrogens with one attached hydrogen (secondary N) is 1. The van der Waals surface area contributed by atoms with Crippen LogP contribution >= 0.6 is 23.0 Å². The van der Waals surface area contributed by atoms with Crippen molar-refractivity contribution in [2.24, 2.45) is 0 Å². The van der Waals surface area contributed by atoms with E-state index in [9.17, 15) is 4.79 Å². The lowest BCUT2D eigenvalue weighted by Crippen LogP contribution is -2.33. The number of esters is 1. The quantitative estimate of drug-likeness (QED) is 0.359. The van der Waals surface area contributed by atoms with Crippen molar-refractivity contribution >= 4 is 41.2 Å². The van der Waals surface area contributed by atoms with Crippen molar-refractivity contribution in [1.29, 1.82) is 0 Å². The van der Waals surface area contributed by atoms with Crippen molar-refractivity contribution in [3.63, 3.8) is 0 Å². The summed E-state index contributed by atoms with van der Waals surface area (Å²) >= 11 is 8.31. The van der Waals surface area contributed by atoms with Gasteiger partial charge in [-0.3, -0.25) is 4.79 Å². The summed E-state index contributed by atoms with van der Waals surface area (Å²) in [4.78, 5) is 11.1. The van der Waals surface area contributed by atoms with Gasteiger partial charge in [0, 0.05) is 5.33 Å². The minimum atomic E-state index is -2.46. The summed E-state index contributed by atoms with van der Waals surface area (Å²) in [5, 5.41) is 3.52. The monoisotopic (exact) mass is 303 g/mol. The highest BCUT2D eigenvalue weighted by Gasteiger charge is 2.43. The number of hydrogen-bond acceptors (Lipinski definition) is 6. The number of carbonyl (C=O) groups is 1. The van der Waals surface area contributed by atoms with Gasteiger partial charge >= 0.3 is 5.97 Å². The van der Waals surface area contributed by atoms with Crippen molar-refractivity contribution in [2.75, 3.05) is 25.7 Å². The van der Waals surface area contributed by atoms with Crippen LogP contribution in [0.4, 0.5) is 0 Å². The van der Waals surface area contributed by atoms with Crippen molar-refractivity contribution in [1.82, 2.24) is 5.09 Å². The Labute approximate surface area is 96.7 Å². The van der Waals surface area contributed by atoms with Crippen molar-refractivity contribution in [3.8, 4) is 0 Å². The van der Waals surface area contributed by atoms with Gasteiger partial charge in [0.2, 0.25) is 7.07 Å². The normalized spacial score (nSPS) is 31.8. The maximum absolute atomic E-state index is 11.1. The lowest BCUT2D eigenvalue weighted by atomic mass is 10.3. The molecule has 8 heteroatoms. The summed E-state index contributed by atoms with van der Waals surface area (Å²) < 4.78 is 15.1. The Morgan fingerprint density at radius 1 is 1.86 bits per heavy atom. The molecule has 1 saturated heterocycles. The zero-order chi connectivity index (χ0) is 10.6. The molecule has 1 N–H and O–H groups in total. The molecule has 82 valence electrons. The minimum absolute atomic E-state index is 0.215. The Morgan fingerprint density at radius 3 is 3.14 bits per heavy atom. The Bertz CT molecular complexity index is 222. The number of methoxy groups -OCH3 is 1. The fourth-order valence-electron chi connectivity index (χ4n) is 0.930. The molecular weight excluding hydrogens is 293 g/mol. The minimum Gasteiger partial charge on any atom is -0.472 e. The van der Waals surface area contributed by atoms with E-state index in [-0.39, 0.29) is 12.6 Å². The van der Waals surface area contributed by atoms with E-state index in [4.69, 9.17) is 21.3 Å². The first-order valence-electron chi connectivity index (χ1n) is 3.92. The molecule has 1 fully saturated rings. The molecule has 1 aliphatic heterocycles. The summed E-state index contributed by atoms with van der Waals surface area (Å²) in [6, 6.07) is -0.499. The second kappa shape index (κ2) is 5.63. The predicted octanol–water partition coefficient (Wildman–Crippen LogP) is 0.784. The Morgan fingerprint density at radius 2 is 2.57 bits per heavy atom. The van der Waals surface area contributed by atoms with Crippen LogP contribution in [0.5, 0.6) is 0 Å². The van der Waals surface area contributed by atoms with E-state index in [0.717, 1.165) is 0 Å². The Balaban J connectivity index is 2.42. The number of rotatable bonds is 4. The van der Waals surface area contributed by atoms with E-state index in [1.807, 2.05) is 0 Å². The topological polar surface area (TPSA) is 56.8 Å². The number of hydrogen-bond donors (Lipinski definition) is 1. The van der Waals surface area contributed by atoms with Gasteiger partial charge in [0.05, 0.1) is 7.11 Å². The largest absolute Gasteiger partial charge is 0.472 e. The Kier molecular flexibility index (Phi) is 5.10. The molecule has 1 aliphatic rings. The van der Waals surface area contributed by atoms with Gasteiger partial charge in [0.1, 0.15) is 13.2 Å². The first-order valence-corrected chi connectivity index (χ1v) is 7.68. The first kappa shape index (κ1) is 12.7. The van der Waals surface area contributed by atoms with E-state index < -0.39 is 13.1 Å². The van der Waals surface area contributed by atoms with E-state index in [0.29, 0.717) is 11.9 Å². The molecule has 0 amide bonds. The third-order valence-corrected chi connectivity index (χ3v) is 4.46. The molecule has 0 radical (unpaired) electrons. The molecule has 0 saturated carbocycles. The smallest absolute Gasteiger partial charge is 0.329 e. The molecule has 0 aromatic heterocycles. The van der Waals surface area contributed by atoms with Crippen LogP contribution in [-0.4, -0.2) is 37.7 Å². The molecule has 2 atom stereocenters. The van der Waals surface area contributed by atoms with Crippen molar-refractivity contribution in [2.45, 2.75) is 6.04 Å². The zero-order valence-electron chi connectivity index (χ0n) is 7.57. The molecule has 14 heavy (non-hydrogen) atoms. The van der Waals surface area contributed by atoms with Crippen molar-refractivity contribution < 1.29 is 18.6 Å². The lowest BCUT2D eigenvalue weighted by molar-refractivity contribution is -0.142. The highest BCUT2D eigenvalue weighted by molar-refractivity contribution is 9.09. The molecule has 0 bridgehead atoms. The molecule has 1 unspecified atom stereocenters. The first-order chi connectivity index (χ1) is 6.61. The van der Waals surface area contributed by atoms with Crippen molar-refractivity contribution in [3.05, 3.63) is 0 Å². The molecule has 0 aromatic rings. The van der Waals surface area contributed by atoms with Crippen LogP contribution < -0.4 is 5.09 Å². The highest BCUT2D eigenvalue weighted by atomic mass is 79.9. The second-order valence-corrected chi connectivity index (χ2v) is 6.52. The fraction of sp³-hybridized carbons (Fsp3) is 0.833. The van der Waals surface area contributed by atoms with Crippen LogP contribution in [0, 0.1) is 0 Å². The van der Waals surface area contributed by atoms with Gasteiger partial charge in [0.25, 0.3) is 0 Å². The third-order valence-electron chi connectivity index (χ3n) is 1.55. The number of ether oxygens (including phenoxy) is 1. The molecule has 0 aliphatic carbocycles. The van der Waals surface area contributed by atoms with Crippen LogP contribution in [0.1, 0.15) is 0 Å². The van der Waals surface area contributed by atoms with Crippen LogP contribution in [-0.2, 0) is 30.8 Å². The molecular formula is C6H11BrNO4PS. The van der Waals surface area contributed by atoms with Gasteiger partial charge in [-0.1, -0.05) is 15.9 Å². The van der Waals surface area contributed by atoms with Crippen LogP contribution in [0.15, 0.2) is 0 Å². The van der Waals surface area contributed by atoms with E-state index in [1.54, 1.807) is 0 Å². The van der Waals surface area contributed by atoms with Crippen LogP contribution in [0.25, 0.3) is 0 Å². The number of alkyl halides is 1. The average molecular weight is 304 g/mol. The predicted molar refractivity (Wildman–Crippen MR) is 58.9 cm³/mol. The fourth-order valence-corrected chi connectivity index (χ4v) is 3.59.